The molecule has 1 heterocycles. The maximum Gasteiger partial charge on any atom is 0.0583 e. The number of hydrogen-bond acceptors (Lipinski definition) is 1. The van der Waals surface area contributed by atoms with Gasteiger partial charge in [0, 0.05) is 6.61 Å². The summed E-state index contributed by atoms with van der Waals surface area (Å²) in [4.78, 5) is 0. The molecule has 2 unspecified atom stereocenters. The molecule has 0 bridgehead atoms. The molecule has 90 valence electrons. The zero-order valence-electron chi connectivity index (χ0n) is 11.6. The molecule has 3 atom stereocenters. The molecule has 1 fully saturated rings. The van der Waals surface area contributed by atoms with Crippen LogP contribution in [0, 0.1) is 22.7 Å². The molecule has 0 saturated carbocycles. The second-order valence-electron chi connectivity index (χ2n) is 7.23. The Morgan fingerprint density at radius 3 is 1.80 bits per heavy atom. The van der Waals surface area contributed by atoms with Crippen LogP contribution in [-0.4, -0.2) is 12.7 Å². The summed E-state index contributed by atoms with van der Waals surface area (Å²) in [5.41, 5.74) is 0.744. The standard InChI is InChI=1S/C14H28O/c1-10-12(14(5,6)7)11(8-9-15-10)13(2,3)4/h10-12H,8-9H2,1-7H3/t10?,11-,12?/m0/s1. The lowest BCUT2D eigenvalue weighted by molar-refractivity contribution is -0.113. The number of ether oxygens (including phenoxy) is 1. The lowest BCUT2D eigenvalue weighted by atomic mass is 9.60. The average Bonchev–Trinajstić information content (AvgIpc) is 1.99. The van der Waals surface area contributed by atoms with E-state index >= 15 is 0 Å². The van der Waals surface area contributed by atoms with Crippen molar-refractivity contribution in [1.29, 1.82) is 0 Å². The van der Waals surface area contributed by atoms with Gasteiger partial charge in [0.25, 0.3) is 0 Å². The Labute approximate surface area is 95.6 Å². The normalized spacial score (nSPS) is 34.2. The van der Waals surface area contributed by atoms with Crippen LogP contribution in [0.4, 0.5) is 0 Å². The molecule has 1 saturated heterocycles. The molecule has 0 aliphatic carbocycles. The van der Waals surface area contributed by atoms with Crippen molar-refractivity contribution in [2.75, 3.05) is 6.61 Å². The Morgan fingerprint density at radius 2 is 1.47 bits per heavy atom. The SMILES string of the molecule is CC1OCC[C@H](C(C)(C)C)C1C(C)(C)C. The zero-order valence-corrected chi connectivity index (χ0v) is 11.6. The Bertz CT molecular complexity index is 206. The van der Waals surface area contributed by atoms with Gasteiger partial charge in [-0.05, 0) is 36.0 Å². The van der Waals surface area contributed by atoms with Gasteiger partial charge in [0.15, 0.2) is 0 Å². The molecule has 1 aliphatic rings. The second-order valence-corrected chi connectivity index (χ2v) is 7.23. The monoisotopic (exact) mass is 212 g/mol. The van der Waals surface area contributed by atoms with Gasteiger partial charge in [-0.25, -0.2) is 0 Å². The molecule has 0 amide bonds. The van der Waals surface area contributed by atoms with Crippen molar-refractivity contribution in [1.82, 2.24) is 0 Å². The molecule has 0 aromatic carbocycles. The minimum absolute atomic E-state index is 0.345. The van der Waals surface area contributed by atoms with Crippen LogP contribution in [0.15, 0.2) is 0 Å². The Balaban J connectivity index is 2.93. The van der Waals surface area contributed by atoms with Crippen LogP contribution in [0.2, 0.25) is 0 Å². The predicted octanol–water partition coefficient (Wildman–Crippen LogP) is 4.12. The topological polar surface area (TPSA) is 9.23 Å². The molecule has 0 aromatic heterocycles. The van der Waals surface area contributed by atoms with E-state index in [1.807, 2.05) is 0 Å². The maximum absolute atomic E-state index is 5.84. The average molecular weight is 212 g/mol. The first kappa shape index (κ1) is 13.0. The molecular formula is C14H28O. The molecule has 1 heteroatoms. The number of hydrogen-bond donors (Lipinski definition) is 0. The molecule has 1 nitrogen and oxygen atoms in total. The third-order valence-corrected chi connectivity index (χ3v) is 3.86. The van der Waals surface area contributed by atoms with Gasteiger partial charge in [0.05, 0.1) is 6.10 Å². The highest BCUT2D eigenvalue weighted by molar-refractivity contribution is 4.92. The van der Waals surface area contributed by atoms with Crippen LogP contribution in [0.25, 0.3) is 0 Å². The first-order chi connectivity index (χ1) is 6.64. The maximum atomic E-state index is 5.84. The second kappa shape index (κ2) is 4.08. The summed E-state index contributed by atoms with van der Waals surface area (Å²) in [5, 5.41) is 0. The summed E-state index contributed by atoms with van der Waals surface area (Å²) in [6, 6.07) is 0. The Morgan fingerprint density at radius 1 is 0.933 bits per heavy atom. The van der Waals surface area contributed by atoms with E-state index < -0.39 is 0 Å². The summed E-state index contributed by atoms with van der Waals surface area (Å²) in [6.45, 7) is 17.3. The molecule has 0 aromatic rings. The highest BCUT2D eigenvalue weighted by Gasteiger charge is 2.44. The van der Waals surface area contributed by atoms with Crippen molar-refractivity contribution in [3.05, 3.63) is 0 Å². The summed E-state index contributed by atoms with van der Waals surface area (Å²) in [7, 11) is 0. The van der Waals surface area contributed by atoms with Gasteiger partial charge in [0.1, 0.15) is 0 Å². The molecule has 15 heavy (non-hydrogen) atoms. The highest BCUT2D eigenvalue weighted by atomic mass is 16.5. The molecule has 1 aliphatic heterocycles. The summed E-state index contributed by atoms with van der Waals surface area (Å²) < 4.78 is 5.84. The van der Waals surface area contributed by atoms with Crippen LogP contribution >= 0.6 is 0 Å². The first-order valence-electron chi connectivity index (χ1n) is 6.25. The molecule has 1 rings (SSSR count). The van der Waals surface area contributed by atoms with Crippen LogP contribution < -0.4 is 0 Å². The first-order valence-corrected chi connectivity index (χ1v) is 6.25. The minimum Gasteiger partial charge on any atom is -0.378 e. The fourth-order valence-electron chi connectivity index (χ4n) is 3.27. The number of rotatable bonds is 0. The third kappa shape index (κ3) is 2.96. The van der Waals surface area contributed by atoms with E-state index in [0.29, 0.717) is 22.9 Å². The van der Waals surface area contributed by atoms with E-state index in [4.69, 9.17) is 4.74 Å². The fourth-order valence-corrected chi connectivity index (χ4v) is 3.27. The van der Waals surface area contributed by atoms with Crippen molar-refractivity contribution in [2.45, 2.75) is 61.0 Å². The summed E-state index contributed by atoms with van der Waals surface area (Å²) >= 11 is 0. The van der Waals surface area contributed by atoms with E-state index in [1.54, 1.807) is 0 Å². The van der Waals surface area contributed by atoms with Crippen LogP contribution in [0.5, 0.6) is 0 Å². The van der Waals surface area contributed by atoms with E-state index in [9.17, 15) is 0 Å². The van der Waals surface area contributed by atoms with Crippen LogP contribution in [0.3, 0.4) is 0 Å². The van der Waals surface area contributed by atoms with Crippen molar-refractivity contribution < 1.29 is 4.74 Å². The molecule has 0 radical (unpaired) electrons. The lowest BCUT2D eigenvalue weighted by Crippen LogP contribution is -2.46. The third-order valence-electron chi connectivity index (χ3n) is 3.86. The van der Waals surface area contributed by atoms with Crippen molar-refractivity contribution in [3.8, 4) is 0 Å². The van der Waals surface area contributed by atoms with Crippen molar-refractivity contribution >= 4 is 0 Å². The van der Waals surface area contributed by atoms with Crippen LogP contribution in [-0.2, 0) is 4.74 Å². The molecule has 0 N–H and O–H groups in total. The minimum atomic E-state index is 0.345. The Kier molecular flexibility index (Phi) is 3.55. The highest BCUT2D eigenvalue weighted by Crippen LogP contribution is 2.47. The van der Waals surface area contributed by atoms with Gasteiger partial charge in [-0.15, -0.1) is 0 Å². The lowest BCUT2D eigenvalue weighted by Gasteiger charge is -2.49. The van der Waals surface area contributed by atoms with Gasteiger partial charge in [-0.1, -0.05) is 41.5 Å². The quantitative estimate of drug-likeness (QED) is 0.587. The molecular weight excluding hydrogens is 184 g/mol. The van der Waals surface area contributed by atoms with E-state index in [2.05, 4.69) is 48.5 Å². The van der Waals surface area contributed by atoms with Gasteiger partial charge >= 0.3 is 0 Å². The molecule has 0 spiro atoms. The van der Waals surface area contributed by atoms with Gasteiger partial charge in [-0.2, -0.15) is 0 Å². The van der Waals surface area contributed by atoms with Crippen LogP contribution in [0.1, 0.15) is 54.9 Å². The van der Waals surface area contributed by atoms with Crippen molar-refractivity contribution in [3.63, 3.8) is 0 Å². The smallest absolute Gasteiger partial charge is 0.0583 e. The largest absolute Gasteiger partial charge is 0.378 e. The summed E-state index contributed by atoms with van der Waals surface area (Å²) in [6.07, 6.45) is 1.62. The van der Waals surface area contributed by atoms with Gasteiger partial charge in [-0.3, -0.25) is 0 Å². The zero-order chi connectivity index (χ0) is 11.9. The van der Waals surface area contributed by atoms with E-state index in [1.165, 1.54) is 6.42 Å². The van der Waals surface area contributed by atoms with Gasteiger partial charge < -0.3 is 4.74 Å². The van der Waals surface area contributed by atoms with Crippen molar-refractivity contribution in [2.24, 2.45) is 22.7 Å². The fraction of sp³-hybridized carbons (Fsp3) is 1.00. The Hall–Kier alpha value is -0.0400. The summed E-state index contributed by atoms with van der Waals surface area (Å²) in [5.74, 6) is 1.45. The predicted molar refractivity (Wildman–Crippen MR) is 65.9 cm³/mol. The van der Waals surface area contributed by atoms with E-state index in [-0.39, 0.29) is 0 Å². The van der Waals surface area contributed by atoms with Gasteiger partial charge in [0.2, 0.25) is 0 Å². The van der Waals surface area contributed by atoms with E-state index in [0.717, 1.165) is 12.5 Å².